The van der Waals surface area contributed by atoms with Crippen molar-refractivity contribution in [3.63, 3.8) is 0 Å². The maximum absolute atomic E-state index is 11.9. The molecule has 76 valence electrons. The average molecular weight is 218 g/mol. The molecule has 1 aliphatic carbocycles. The molecule has 0 radical (unpaired) electrons. The van der Waals surface area contributed by atoms with Crippen LogP contribution in [-0.4, -0.2) is 17.3 Å². The van der Waals surface area contributed by atoms with Crippen molar-refractivity contribution < 1.29 is 9.59 Å². The summed E-state index contributed by atoms with van der Waals surface area (Å²) in [6, 6.07) is 6.96. The average Bonchev–Trinajstić information content (AvgIpc) is 2.26. The number of carbonyl (C=O) groups excluding carboxylic acids is 2. The normalized spacial score (nSPS) is 14.9. The van der Waals surface area contributed by atoms with Crippen LogP contribution < -0.4 is 0 Å². The molecule has 0 saturated carbocycles. The zero-order valence-corrected chi connectivity index (χ0v) is 9.14. The number of rotatable bonds is 2. The maximum Gasteiger partial charge on any atom is 0.200 e. The third kappa shape index (κ3) is 1.75. The molecule has 2 nitrogen and oxygen atoms in total. The van der Waals surface area contributed by atoms with Crippen molar-refractivity contribution in [3.05, 3.63) is 46.4 Å². The number of carbonyl (C=O) groups is 2. The van der Waals surface area contributed by atoms with Gasteiger partial charge in [0, 0.05) is 17.2 Å². The van der Waals surface area contributed by atoms with E-state index in [0.29, 0.717) is 16.0 Å². The molecule has 0 heterocycles. The lowest BCUT2D eigenvalue weighted by Crippen LogP contribution is -2.15. The summed E-state index contributed by atoms with van der Waals surface area (Å²) in [7, 11) is 0. The molecule has 0 spiro atoms. The molecule has 0 N–H and O–H groups in total. The van der Waals surface area contributed by atoms with Gasteiger partial charge in [0.15, 0.2) is 11.6 Å². The topological polar surface area (TPSA) is 34.1 Å². The van der Waals surface area contributed by atoms with Crippen molar-refractivity contribution in [2.75, 3.05) is 5.75 Å². The lowest BCUT2D eigenvalue weighted by atomic mass is 9.95. The lowest BCUT2D eigenvalue weighted by Gasteiger charge is -2.13. The van der Waals surface area contributed by atoms with Crippen LogP contribution in [0.2, 0.25) is 0 Å². The minimum atomic E-state index is -0.0684. The van der Waals surface area contributed by atoms with E-state index in [2.05, 4.69) is 0 Å². The van der Waals surface area contributed by atoms with Crippen molar-refractivity contribution in [2.45, 2.75) is 6.92 Å². The zero-order chi connectivity index (χ0) is 10.8. The van der Waals surface area contributed by atoms with Crippen molar-refractivity contribution in [1.29, 1.82) is 0 Å². The Kier molecular flexibility index (Phi) is 2.73. The third-order valence-corrected chi connectivity index (χ3v) is 3.13. The fraction of sp³-hybridized carbons (Fsp3) is 0.167. The summed E-state index contributed by atoms with van der Waals surface area (Å²) in [5.74, 6) is 0.700. The largest absolute Gasteiger partial charge is 0.289 e. The zero-order valence-electron chi connectivity index (χ0n) is 8.32. The Morgan fingerprint density at radius 1 is 1.13 bits per heavy atom. The minimum absolute atomic E-state index is 0.0305. The summed E-state index contributed by atoms with van der Waals surface area (Å²) in [6.45, 7) is 1.96. The Bertz CT molecular complexity index is 460. The van der Waals surface area contributed by atoms with Crippen LogP contribution in [0, 0.1) is 0 Å². The van der Waals surface area contributed by atoms with E-state index in [1.807, 2.05) is 6.92 Å². The Morgan fingerprint density at radius 2 is 1.80 bits per heavy atom. The highest BCUT2D eigenvalue weighted by molar-refractivity contribution is 8.04. The number of ketones is 2. The first kappa shape index (κ1) is 10.2. The van der Waals surface area contributed by atoms with Gasteiger partial charge in [-0.1, -0.05) is 31.2 Å². The molecule has 2 rings (SSSR count). The summed E-state index contributed by atoms with van der Waals surface area (Å²) in [6.07, 6.45) is 1.44. The Hall–Kier alpha value is -1.35. The molecule has 1 aromatic rings. The SMILES string of the molecule is CCSC1=CC(=O)c2ccccc2C1=O. The fourth-order valence-corrected chi connectivity index (χ4v) is 2.30. The highest BCUT2D eigenvalue weighted by Gasteiger charge is 2.24. The molecule has 15 heavy (non-hydrogen) atoms. The third-order valence-electron chi connectivity index (χ3n) is 2.22. The van der Waals surface area contributed by atoms with E-state index < -0.39 is 0 Å². The summed E-state index contributed by atoms with van der Waals surface area (Å²) >= 11 is 1.42. The van der Waals surface area contributed by atoms with Gasteiger partial charge >= 0.3 is 0 Å². The quantitative estimate of drug-likeness (QED) is 0.765. The molecule has 3 heteroatoms. The molecular weight excluding hydrogens is 208 g/mol. The highest BCUT2D eigenvalue weighted by atomic mass is 32.2. The first-order chi connectivity index (χ1) is 7.24. The van der Waals surface area contributed by atoms with Crippen molar-refractivity contribution in [2.24, 2.45) is 0 Å². The van der Waals surface area contributed by atoms with E-state index in [1.54, 1.807) is 24.3 Å². The van der Waals surface area contributed by atoms with Gasteiger partial charge in [0.1, 0.15) is 0 Å². The molecular formula is C12H10O2S. The number of allylic oxidation sites excluding steroid dienone is 2. The van der Waals surface area contributed by atoms with E-state index in [1.165, 1.54) is 17.8 Å². The molecule has 0 unspecified atom stereocenters. The fourth-order valence-electron chi connectivity index (χ4n) is 1.55. The van der Waals surface area contributed by atoms with Gasteiger partial charge in [0.2, 0.25) is 0 Å². The van der Waals surface area contributed by atoms with Crippen LogP contribution in [0.4, 0.5) is 0 Å². The molecule has 1 aromatic carbocycles. The van der Waals surface area contributed by atoms with Gasteiger partial charge in [-0.25, -0.2) is 0 Å². The Balaban J connectivity index is 2.49. The number of thioether (sulfide) groups is 1. The first-order valence-corrected chi connectivity index (χ1v) is 5.75. The highest BCUT2D eigenvalue weighted by Crippen LogP contribution is 2.27. The van der Waals surface area contributed by atoms with E-state index in [4.69, 9.17) is 0 Å². The number of hydrogen-bond donors (Lipinski definition) is 0. The van der Waals surface area contributed by atoms with Crippen LogP contribution in [0.5, 0.6) is 0 Å². The van der Waals surface area contributed by atoms with E-state index >= 15 is 0 Å². The van der Waals surface area contributed by atoms with Gasteiger partial charge in [-0.05, 0) is 5.75 Å². The molecule has 0 aromatic heterocycles. The second-order valence-electron chi connectivity index (χ2n) is 3.18. The maximum atomic E-state index is 11.9. The second-order valence-corrected chi connectivity index (χ2v) is 4.49. The Labute approximate surface area is 92.4 Å². The van der Waals surface area contributed by atoms with Gasteiger partial charge in [-0.3, -0.25) is 9.59 Å². The predicted molar refractivity (Wildman–Crippen MR) is 61.3 cm³/mol. The van der Waals surface area contributed by atoms with E-state index in [9.17, 15) is 9.59 Å². The monoisotopic (exact) mass is 218 g/mol. The summed E-state index contributed by atoms with van der Waals surface area (Å²) < 4.78 is 0. The summed E-state index contributed by atoms with van der Waals surface area (Å²) in [4.78, 5) is 24.1. The molecule has 0 atom stereocenters. The molecule has 0 bridgehead atoms. The summed E-state index contributed by atoms with van der Waals surface area (Å²) in [5.41, 5.74) is 1.05. The van der Waals surface area contributed by atoms with E-state index in [0.717, 1.165) is 5.75 Å². The molecule has 0 aliphatic heterocycles. The second kappa shape index (κ2) is 4.03. The smallest absolute Gasteiger partial charge is 0.200 e. The first-order valence-electron chi connectivity index (χ1n) is 4.76. The number of hydrogen-bond acceptors (Lipinski definition) is 3. The standard InChI is InChI=1S/C12H10O2S/c1-2-15-11-7-10(13)8-5-3-4-6-9(8)12(11)14/h3-7H,2H2,1H3. The van der Waals surface area contributed by atoms with Crippen LogP contribution in [0.15, 0.2) is 35.2 Å². The van der Waals surface area contributed by atoms with Crippen LogP contribution in [-0.2, 0) is 0 Å². The molecule has 0 saturated heterocycles. The van der Waals surface area contributed by atoms with Crippen molar-refractivity contribution in [3.8, 4) is 0 Å². The van der Waals surface area contributed by atoms with Gasteiger partial charge in [-0.15, -0.1) is 11.8 Å². The van der Waals surface area contributed by atoms with E-state index in [-0.39, 0.29) is 11.6 Å². The van der Waals surface area contributed by atoms with Crippen molar-refractivity contribution in [1.82, 2.24) is 0 Å². The number of benzene rings is 1. The van der Waals surface area contributed by atoms with Crippen LogP contribution in [0.25, 0.3) is 0 Å². The van der Waals surface area contributed by atoms with Gasteiger partial charge in [0.25, 0.3) is 0 Å². The van der Waals surface area contributed by atoms with Crippen LogP contribution in [0.3, 0.4) is 0 Å². The lowest BCUT2D eigenvalue weighted by molar-refractivity contribution is 0.0991. The number of Topliss-reactive ketones (excluding diaryl/α,β-unsaturated/α-hetero) is 1. The van der Waals surface area contributed by atoms with Gasteiger partial charge < -0.3 is 0 Å². The Morgan fingerprint density at radius 3 is 2.47 bits per heavy atom. The molecule has 0 fully saturated rings. The minimum Gasteiger partial charge on any atom is -0.289 e. The van der Waals surface area contributed by atoms with Gasteiger partial charge in [0.05, 0.1) is 4.91 Å². The molecule has 1 aliphatic rings. The summed E-state index contributed by atoms with van der Waals surface area (Å²) in [5, 5.41) is 0. The van der Waals surface area contributed by atoms with Gasteiger partial charge in [-0.2, -0.15) is 0 Å². The predicted octanol–water partition coefficient (Wildman–Crippen LogP) is 2.70. The van der Waals surface area contributed by atoms with Crippen LogP contribution >= 0.6 is 11.8 Å². The molecule has 0 amide bonds. The number of fused-ring (bicyclic) bond motifs is 1. The van der Waals surface area contributed by atoms with Crippen LogP contribution in [0.1, 0.15) is 27.6 Å². The van der Waals surface area contributed by atoms with Crippen molar-refractivity contribution >= 4 is 23.3 Å².